The van der Waals surface area contributed by atoms with E-state index >= 15 is 0 Å². The van der Waals surface area contributed by atoms with E-state index in [0.29, 0.717) is 13.0 Å². The lowest BCUT2D eigenvalue weighted by Crippen LogP contribution is -2.38. The van der Waals surface area contributed by atoms with Crippen molar-refractivity contribution >= 4 is 41.3 Å². The molecule has 26 heavy (non-hydrogen) atoms. The van der Waals surface area contributed by atoms with Gasteiger partial charge in [0.2, 0.25) is 0 Å². The monoisotopic (exact) mass is 490 g/mol. The van der Waals surface area contributed by atoms with Crippen LogP contribution in [-0.2, 0) is 12.8 Å². The van der Waals surface area contributed by atoms with Crippen molar-refractivity contribution < 1.29 is 4.39 Å². The number of hydrogen-bond acceptors (Lipinski definition) is 3. The molecule has 0 bridgehead atoms. The molecule has 4 nitrogen and oxygen atoms in total. The smallest absolute Gasteiger partial charge is 0.191 e. The molecule has 7 heteroatoms. The predicted octanol–water partition coefficient (Wildman–Crippen LogP) is 4.33. The zero-order valence-corrected chi connectivity index (χ0v) is 18.6. The predicted molar refractivity (Wildman–Crippen MR) is 119 cm³/mol. The normalized spacial score (nSPS) is 11.1. The van der Waals surface area contributed by atoms with Crippen molar-refractivity contribution in [3.05, 3.63) is 51.7 Å². The molecular weight excluding hydrogens is 462 g/mol. The van der Waals surface area contributed by atoms with Gasteiger partial charge < -0.3 is 10.6 Å². The van der Waals surface area contributed by atoms with Gasteiger partial charge in [-0.2, -0.15) is 0 Å². The molecule has 0 radical (unpaired) electrons. The maximum atomic E-state index is 13.6. The van der Waals surface area contributed by atoms with E-state index in [0.717, 1.165) is 49.6 Å². The highest BCUT2D eigenvalue weighted by molar-refractivity contribution is 14.0. The molecule has 1 heterocycles. The fourth-order valence-electron chi connectivity index (χ4n) is 2.45. The molecule has 2 N–H and O–H groups in total. The van der Waals surface area contributed by atoms with Crippen LogP contribution in [0.5, 0.6) is 0 Å². The lowest BCUT2D eigenvalue weighted by Gasteiger charge is -2.11. The first-order valence-corrected chi connectivity index (χ1v) is 9.73. The van der Waals surface area contributed by atoms with E-state index < -0.39 is 0 Å². The van der Waals surface area contributed by atoms with Crippen molar-refractivity contribution in [3.8, 4) is 0 Å². The van der Waals surface area contributed by atoms with E-state index in [1.165, 1.54) is 11.1 Å². The first-order valence-electron chi connectivity index (χ1n) is 8.85. The van der Waals surface area contributed by atoms with Crippen molar-refractivity contribution in [1.82, 2.24) is 15.6 Å². The maximum Gasteiger partial charge on any atom is 0.191 e. The number of benzene rings is 1. The lowest BCUT2D eigenvalue weighted by molar-refractivity contribution is 0.606. The van der Waals surface area contributed by atoms with Gasteiger partial charge in [-0.3, -0.25) is 4.99 Å². The Kier molecular flexibility index (Phi) is 11.4. The summed E-state index contributed by atoms with van der Waals surface area (Å²) >= 11 is 1.73. The van der Waals surface area contributed by atoms with Gasteiger partial charge in [0.05, 0.1) is 5.01 Å². The molecule has 0 aliphatic carbocycles. The van der Waals surface area contributed by atoms with Crippen molar-refractivity contribution in [2.24, 2.45) is 4.99 Å². The Bertz CT molecular complexity index is 675. The van der Waals surface area contributed by atoms with Crippen LogP contribution in [0.3, 0.4) is 0 Å². The topological polar surface area (TPSA) is 49.3 Å². The first kappa shape index (κ1) is 22.8. The molecule has 0 amide bonds. The number of guanidine groups is 1. The van der Waals surface area contributed by atoms with E-state index in [1.807, 2.05) is 26.0 Å². The molecule has 0 spiro atoms. The summed E-state index contributed by atoms with van der Waals surface area (Å²) < 4.78 is 13.6. The summed E-state index contributed by atoms with van der Waals surface area (Å²) in [5.74, 6) is 0.646. The van der Waals surface area contributed by atoms with Crippen LogP contribution < -0.4 is 10.6 Å². The Morgan fingerprint density at radius 2 is 2.00 bits per heavy atom. The van der Waals surface area contributed by atoms with Gasteiger partial charge in [0.15, 0.2) is 5.96 Å². The van der Waals surface area contributed by atoms with Gasteiger partial charge in [0, 0.05) is 30.7 Å². The summed E-state index contributed by atoms with van der Waals surface area (Å²) in [6.07, 6.45) is 3.78. The van der Waals surface area contributed by atoms with Gasteiger partial charge >= 0.3 is 0 Å². The van der Waals surface area contributed by atoms with Gasteiger partial charge in [-0.1, -0.05) is 18.2 Å². The number of thiazole rings is 1. The minimum atomic E-state index is -0.149. The average molecular weight is 490 g/mol. The Morgan fingerprint density at radius 3 is 2.69 bits per heavy atom. The van der Waals surface area contributed by atoms with Crippen molar-refractivity contribution in [2.45, 2.75) is 39.5 Å². The number of rotatable bonds is 9. The summed E-state index contributed by atoms with van der Waals surface area (Å²) in [5.41, 5.74) is 1.83. The average Bonchev–Trinajstić information content (AvgIpc) is 3.01. The fourth-order valence-corrected chi connectivity index (χ4v) is 3.27. The molecule has 0 atom stereocenters. The van der Waals surface area contributed by atoms with Crippen LogP contribution in [0.1, 0.15) is 36.0 Å². The number of nitrogens with zero attached hydrogens (tertiary/aromatic N) is 2. The first-order chi connectivity index (χ1) is 12.2. The van der Waals surface area contributed by atoms with E-state index in [2.05, 4.69) is 26.0 Å². The van der Waals surface area contributed by atoms with E-state index in [4.69, 9.17) is 0 Å². The molecule has 0 unspecified atom stereocenters. The summed E-state index contributed by atoms with van der Waals surface area (Å²) in [4.78, 5) is 9.06. The van der Waals surface area contributed by atoms with E-state index in [-0.39, 0.29) is 29.8 Å². The highest BCUT2D eigenvalue weighted by atomic mass is 127. The molecule has 0 fully saturated rings. The second-order valence-corrected chi connectivity index (χ2v) is 6.81. The van der Waals surface area contributed by atoms with Crippen molar-refractivity contribution in [1.29, 1.82) is 0 Å². The zero-order valence-electron chi connectivity index (χ0n) is 15.4. The highest BCUT2D eigenvalue weighted by Crippen LogP contribution is 2.11. The summed E-state index contributed by atoms with van der Waals surface area (Å²) in [5, 5.41) is 9.80. The Hall–Kier alpha value is -1.22. The van der Waals surface area contributed by atoms with Crippen LogP contribution in [0.2, 0.25) is 0 Å². The standard InChI is InChI=1S/C19H27FN4S.HI/c1-3-21-19(23-13-11-16-8-4-5-9-17(16)20)22-12-7-6-10-18-24-15(2)14-25-18;/h4-5,8-9,14H,3,6-7,10-13H2,1-2H3,(H2,21,22,23);1H. The van der Waals surface area contributed by atoms with Crippen LogP contribution in [0.4, 0.5) is 4.39 Å². The minimum absolute atomic E-state index is 0. The number of aromatic nitrogens is 1. The molecule has 1 aromatic carbocycles. The van der Waals surface area contributed by atoms with Gasteiger partial charge in [-0.05, 0) is 51.2 Å². The van der Waals surface area contributed by atoms with Crippen LogP contribution in [0.15, 0.2) is 34.6 Å². The largest absolute Gasteiger partial charge is 0.357 e. The number of unbranched alkanes of at least 4 members (excludes halogenated alkanes) is 1. The van der Waals surface area contributed by atoms with Crippen LogP contribution in [-0.4, -0.2) is 30.6 Å². The lowest BCUT2D eigenvalue weighted by atomic mass is 10.1. The molecule has 2 rings (SSSR count). The minimum Gasteiger partial charge on any atom is -0.357 e. The molecule has 0 saturated heterocycles. The number of aryl methyl sites for hydroxylation is 2. The Morgan fingerprint density at radius 1 is 1.19 bits per heavy atom. The number of hydrogen-bond donors (Lipinski definition) is 2. The second kappa shape index (κ2) is 13.0. The third-order valence-corrected chi connectivity index (χ3v) is 4.75. The SMILES string of the molecule is CCNC(=NCCCCc1nc(C)cs1)NCCc1ccccc1F.I. The van der Waals surface area contributed by atoms with Crippen LogP contribution >= 0.6 is 35.3 Å². The Labute approximate surface area is 176 Å². The zero-order chi connectivity index (χ0) is 17.9. The maximum absolute atomic E-state index is 13.6. The van der Waals surface area contributed by atoms with Gasteiger partial charge in [0.25, 0.3) is 0 Å². The third kappa shape index (κ3) is 8.44. The Balaban J connectivity index is 0.00000338. The molecule has 2 aromatic rings. The van der Waals surface area contributed by atoms with E-state index in [1.54, 1.807) is 17.4 Å². The third-order valence-electron chi connectivity index (χ3n) is 3.72. The molecule has 0 aliphatic rings. The second-order valence-electron chi connectivity index (χ2n) is 5.87. The summed E-state index contributed by atoms with van der Waals surface area (Å²) in [6.45, 7) is 6.31. The number of aliphatic imine (C=N–C) groups is 1. The number of nitrogens with one attached hydrogen (secondary N) is 2. The summed E-state index contributed by atoms with van der Waals surface area (Å²) in [7, 11) is 0. The van der Waals surface area contributed by atoms with Gasteiger partial charge in [0.1, 0.15) is 5.82 Å². The van der Waals surface area contributed by atoms with Crippen LogP contribution in [0.25, 0.3) is 0 Å². The molecule has 144 valence electrons. The molecular formula is C19H28FIN4S. The van der Waals surface area contributed by atoms with Crippen molar-refractivity contribution in [3.63, 3.8) is 0 Å². The van der Waals surface area contributed by atoms with Crippen LogP contribution in [0, 0.1) is 12.7 Å². The number of halogens is 2. The van der Waals surface area contributed by atoms with E-state index in [9.17, 15) is 4.39 Å². The van der Waals surface area contributed by atoms with Gasteiger partial charge in [-0.15, -0.1) is 35.3 Å². The molecule has 0 saturated carbocycles. The highest BCUT2D eigenvalue weighted by Gasteiger charge is 2.02. The molecule has 1 aromatic heterocycles. The van der Waals surface area contributed by atoms with Crippen molar-refractivity contribution in [2.75, 3.05) is 19.6 Å². The van der Waals surface area contributed by atoms with Gasteiger partial charge in [-0.25, -0.2) is 9.37 Å². The summed E-state index contributed by atoms with van der Waals surface area (Å²) in [6, 6.07) is 6.90. The fraction of sp³-hybridized carbons (Fsp3) is 0.474. The molecule has 0 aliphatic heterocycles. The quantitative estimate of drug-likeness (QED) is 0.238.